The van der Waals surface area contributed by atoms with Crippen LogP contribution in [-0.2, 0) is 10.2 Å². The highest BCUT2D eigenvalue weighted by Crippen LogP contribution is 2.23. The number of unbranched alkanes of at least 4 members (excludes halogenated alkanes) is 1. The smallest absolute Gasteiger partial charge is 0.281 e. The Morgan fingerprint density at radius 3 is 2.52 bits per heavy atom. The first-order valence-electron chi connectivity index (χ1n) is 8.47. The van der Waals surface area contributed by atoms with Crippen molar-refractivity contribution in [3.05, 3.63) is 0 Å². The average Bonchev–Trinajstić information content (AvgIpc) is 2.95. The molecular weight excluding hydrogens is 286 g/mol. The molecule has 2 rings (SSSR count). The van der Waals surface area contributed by atoms with Crippen molar-refractivity contribution in [3.8, 4) is 0 Å². The summed E-state index contributed by atoms with van der Waals surface area (Å²) in [5, 5.41) is 0. The predicted octanol–water partition coefficient (Wildman–Crippen LogP) is 1.77. The van der Waals surface area contributed by atoms with Crippen LogP contribution >= 0.6 is 0 Å². The van der Waals surface area contributed by atoms with Crippen molar-refractivity contribution in [1.29, 1.82) is 0 Å². The van der Waals surface area contributed by atoms with Gasteiger partial charge in [0.25, 0.3) is 10.2 Å². The van der Waals surface area contributed by atoms with Crippen molar-refractivity contribution < 1.29 is 8.42 Å². The number of nitrogens with zero attached hydrogens (tertiary/aromatic N) is 3. The van der Waals surface area contributed by atoms with Gasteiger partial charge in [-0.2, -0.15) is 17.0 Å². The van der Waals surface area contributed by atoms with Gasteiger partial charge in [0.05, 0.1) is 0 Å². The van der Waals surface area contributed by atoms with E-state index in [2.05, 4.69) is 11.8 Å². The van der Waals surface area contributed by atoms with Crippen molar-refractivity contribution >= 4 is 10.2 Å². The van der Waals surface area contributed by atoms with Gasteiger partial charge in [-0.05, 0) is 44.7 Å². The van der Waals surface area contributed by atoms with Crippen LogP contribution in [0.5, 0.6) is 0 Å². The first-order chi connectivity index (χ1) is 10.0. The van der Waals surface area contributed by atoms with Gasteiger partial charge in [0.15, 0.2) is 0 Å². The van der Waals surface area contributed by atoms with Crippen molar-refractivity contribution in [2.45, 2.75) is 45.4 Å². The van der Waals surface area contributed by atoms with E-state index in [1.165, 1.54) is 36.7 Å². The maximum Gasteiger partial charge on any atom is 0.281 e. The van der Waals surface area contributed by atoms with Gasteiger partial charge in [-0.25, -0.2) is 0 Å². The van der Waals surface area contributed by atoms with Gasteiger partial charge in [-0.3, -0.25) is 0 Å². The Morgan fingerprint density at radius 1 is 1.14 bits per heavy atom. The zero-order valence-electron chi connectivity index (χ0n) is 13.6. The van der Waals surface area contributed by atoms with Crippen LogP contribution in [0.2, 0.25) is 0 Å². The molecule has 2 saturated heterocycles. The molecule has 2 heterocycles. The van der Waals surface area contributed by atoms with Crippen LogP contribution in [0.25, 0.3) is 0 Å². The highest BCUT2D eigenvalue weighted by molar-refractivity contribution is 7.86. The van der Waals surface area contributed by atoms with Crippen molar-refractivity contribution in [2.24, 2.45) is 5.92 Å². The number of piperidine rings is 1. The van der Waals surface area contributed by atoms with Crippen LogP contribution in [0.4, 0.5) is 0 Å². The van der Waals surface area contributed by atoms with Gasteiger partial charge in [0.2, 0.25) is 0 Å². The normalized spacial score (nSPS) is 25.8. The minimum absolute atomic E-state index is 0.512. The van der Waals surface area contributed by atoms with Crippen LogP contribution in [0.15, 0.2) is 0 Å². The van der Waals surface area contributed by atoms with E-state index in [9.17, 15) is 8.42 Å². The van der Waals surface area contributed by atoms with Crippen LogP contribution in [0.1, 0.15) is 45.4 Å². The van der Waals surface area contributed by atoms with Crippen LogP contribution in [-0.4, -0.2) is 68.2 Å². The number of likely N-dealkylation sites (tertiary alicyclic amines) is 1. The second-order valence-corrected chi connectivity index (χ2v) is 8.59. The first kappa shape index (κ1) is 17.2. The van der Waals surface area contributed by atoms with E-state index in [0.717, 1.165) is 25.8 Å². The van der Waals surface area contributed by atoms with Gasteiger partial charge < -0.3 is 4.90 Å². The maximum absolute atomic E-state index is 12.5. The summed E-state index contributed by atoms with van der Waals surface area (Å²) in [6.07, 6.45) is 6.92. The molecule has 1 atom stereocenters. The molecule has 6 heteroatoms. The molecule has 0 aromatic rings. The van der Waals surface area contributed by atoms with Crippen molar-refractivity contribution in [1.82, 2.24) is 13.5 Å². The standard InChI is InChI=1S/C15H31N3O2S/c1-3-4-9-16(2)21(19,20)18-12-8-15(14-18)13-17-10-6-5-7-11-17/h15H,3-14H2,1-2H3/t15-/m1/s1. The molecule has 124 valence electrons. The topological polar surface area (TPSA) is 43.9 Å². The minimum atomic E-state index is -3.24. The molecule has 0 saturated carbocycles. The summed E-state index contributed by atoms with van der Waals surface area (Å²) < 4.78 is 28.2. The summed E-state index contributed by atoms with van der Waals surface area (Å²) in [5.74, 6) is 0.512. The average molecular weight is 317 g/mol. The SMILES string of the molecule is CCCCN(C)S(=O)(=O)N1CC[C@H](CN2CCCCC2)C1. The zero-order valence-corrected chi connectivity index (χ0v) is 14.4. The van der Waals surface area contributed by atoms with Gasteiger partial charge in [0, 0.05) is 33.2 Å². The summed E-state index contributed by atoms with van der Waals surface area (Å²) in [6, 6.07) is 0. The maximum atomic E-state index is 12.5. The molecule has 2 fully saturated rings. The third-order valence-corrected chi connectivity index (χ3v) is 6.71. The van der Waals surface area contributed by atoms with Crippen molar-refractivity contribution in [3.63, 3.8) is 0 Å². The first-order valence-corrected chi connectivity index (χ1v) is 9.87. The fourth-order valence-corrected chi connectivity index (χ4v) is 4.85. The van der Waals surface area contributed by atoms with Gasteiger partial charge in [-0.1, -0.05) is 19.8 Å². The second kappa shape index (κ2) is 7.90. The van der Waals surface area contributed by atoms with E-state index < -0.39 is 10.2 Å². The predicted molar refractivity (Wildman–Crippen MR) is 86.4 cm³/mol. The molecule has 2 aliphatic rings. The third kappa shape index (κ3) is 4.65. The lowest BCUT2D eigenvalue weighted by Gasteiger charge is -2.29. The van der Waals surface area contributed by atoms with E-state index in [4.69, 9.17) is 0 Å². The Labute approximate surface area is 130 Å². The van der Waals surface area contributed by atoms with Crippen LogP contribution < -0.4 is 0 Å². The molecule has 5 nitrogen and oxygen atoms in total. The fourth-order valence-electron chi connectivity index (χ4n) is 3.36. The number of hydrogen-bond donors (Lipinski definition) is 0. The molecule has 0 bridgehead atoms. The molecule has 0 aromatic heterocycles. The quantitative estimate of drug-likeness (QED) is 0.719. The number of rotatable bonds is 7. The molecule has 21 heavy (non-hydrogen) atoms. The molecule has 0 aromatic carbocycles. The van der Waals surface area contributed by atoms with Crippen molar-refractivity contribution in [2.75, 3.05) is 46.3 Å². The Balaban J connectivity index is 1.83. The molecule has 0 spiro atoms. The Bertz CT molecular complexity index is 407. The Hall–Kier alpha value is -0.170. The van der Waals surface area contributed by atoms with E-state index in [1.54, 1.807) is 11.4 Å². The van der Waals surface area contributed by atoms with E-state index >= 15 is 0 Å². The highest BCUT2D eigenvalue weighted by atomic mass is 32.2. The number of hydrogen-bond acceptors (Lipinski definition) is 3. The monoisotopic (exact) mass is 317 g/mol. The lowest BCUT2D eigenvalue weighted by Crippen LogP contribution is -2.42. The summed E-state index contributed by atoms with van der Waals surface area (Å²) in [6.45, 7) is 7.58. The van der Waals surface area contributed by atoms with Crippen LogP contribution in [0, 0.1) is 5.92 Å². The Morgan fingerprint density at radius 2 is 1.86 bits per heavy atom. The third-order valence-electron chi connectivity index (χ3n) is 4.76. The highest BCUT2D eigenvalue weighted by Gasteiger charge is 2.34. The van der Waals surface area contributed by atoms with E-state index in [0.29, 0.717) is 25.6 Å². The molecule has 0 radical (unpaired) electrons. The second-order valence-electron chi connectivity index (χ2n) is 6.56. The molecular formula is C15H31N3O2S. The molecule has 0 amide bonds. The Kier molecular flexibility index (Phi) is 6.47. The van der Waals surface area contributed by atoms with Crippen LogP contribution in [0.3, 0.4) is 0 Å². The van der Waals surface area contributed by atoms with E-state index in [1.807, 2.05) is 0 Å². The largest absolute Gasteiger partial charge is 0.303 e. The molecule has 0 N–H and O–H groups in total. The summed E-state index contributed by atoms with van der Waals surface area (Å²) in [7, 11) is -1.53. The van der Waals surface area contributed by atoms with Gasteiger partial charge in [-0.15, -0.1) is 0 Å². The summed E-state index contributed by atoms with van der Waals surface area (Å²) in [5.41, 5.74) is 0. The summed E-state index contributed by atoms with van der Waals surface area (Å²) >= 11 is 0. The molecule has 0 unspecified atom stereocenters. The fraction of sp³-hybridized carbons (Fsp3) is 1.00. The van der Waals surface area contributed by atoms with E-state index in [-0.39, 0.29) is 0 Å². The lowest BCUT2D eigenvalue weighted by atomic mass is 10.1. The lowest BCUT2D eigenvalue weighted by molar-refractivity contribution is 0.198. The summed E-state index contributed by atoms with van der Waals surface area (Å²) in [4.78, 5) is 2.52. The molecule has 0 aliphatic carbocycles. The minimum Gasteiger partial charge on any atom is -0.303 e. The van der Waals surface area contributed by atoms with Gasteiger partial charge >= 0.3 is 0 Å². The van der Waals surface area contributed by atoms with Gasteiger partial charge in [0.1, 0.15) is 0 Å². The zero-order chi connectivity index (χ0) is 15.3. The molecule has 2 aliphatic heterocycles.